The first kappa shape index (κ1) is 24.3. The van der Waals surface area contributed by atoms with E-state index in [0.717, 1.165) is 34.2 Å². The van der Waals surface area contributed by atoms with Gasteiger partial charge in [-0.1, -0.05) is 18.2 Å². The molecule has 0 radical (unpaired) electrons. The van der Waals surface area contributed by atoms with E-state index in [2.05, 4.69) is 45.0 Å². The fraction of sp³-hybridized carbons (Fsp3) is 0. The molecule has 7 nitrogen and oxygen atoms in total. The van der Waals surface area contributed by atoms with Crippen LogP contribution in [0.4, 0.5) is 0 Å². The summed E-state index contributed by atoms with van der Waals surface area (Å²) in [5.74, 6) is 0. The number of nitrogens with one attached hydrogen (secondary N) is 2. The van der Waals surface area contributed by atoms with Gasteiger partial charge in [0.15, 0.2) is 0 Å². The van der Waals surface area contributed by atoms with Gasteiger partial charge in [0.25, 0.3) is 0 Å². The summed E-state index contributed by atoms with van der Waals surface area (Å²) in [5, 5.41) is 13.6. The van der Waals surface area contributed by atoms with Crippen molar-refractivity contribution in [2.24, 2.45) is 0 Å². The Morgan fingerprint density at radius 2 is 1.00 bits per heavy atom. The molecule has 158 valence electrons. The third-order valence-electron chi connectivity index (χ3n) is 3.89. The Labute approximate surface area is 199 Å². The molecule has 0 amide bonds. The number of H-pyrrole nitrogens is 2. The van der Waals surface area contributed by atoms with Gasteiger partial charge in [-0.05, 0) is 48.5 Å². The van der Waals surface area contributed by atoms with Crippen molar-refractivity contribution in [2.45, 2.75) is 0 Å². The largest absolute Gasteiger partial charge is 0.276 e. The van der Waals surface area contributed by atoms with Crippen molar-refractivity contribution in [3.8, 4) is 34.2 Å². The van der Waals surface area contributed by atoms with Crippen LogP contribution < -0.4 is 12.4 Å². The molecule has 0 aliphatic carbocycles. The Balaban J connectivity index is 0.000000205. The molecule has 0 atom stereocenters. The normalized spacial score (nSPS) is 9.35. The zero-order valence-corrected chi connectivity index (χ0v) is 19.3. The third kappa shape index (κ3) is 7.07. The van der Waals surface area contributed by atoms with Crippen LogP contribution in [0.15, 0.2) is 91.5 Å². The van der Waals surface area contributed by atoms with Gasteiger partial charge in [-0.2, -0.15) is 10.2 Å². The van der Waals surface area contributed by atoms with Crippen LogP contribution in [0, 0.1) is 0 Å². The molecule has 5 heterocycles. The van der Waals surface area contributed by atoms with Crippen LogP contribution in [-0.2, 0) is 17.3 Å². The molecule has 0 saturated carbocycles. The Morgan fingerprint density at radius 3 is 1.35 bits per heavy atom. The Bertz CT molecular complexity index is 1020. The molecular formula is C21H17Cl2N7Ru. The number of aromatic nitrogens is 7. The van der Waals surface area contributed by atoms with Crippen molar-refractivity contribution in [1.82, 2.24) is 35.3 Å². The van der Waals surface area contributed by atoms with Crippen LogP contribution >= 0.6 is 9.69 Å². The molecule has 0 aliphatic rings. The second-order valence-corrected chi connectivity index (χ2v) is 5.78. The van der Waals surface area contributed by atoms with Crippen molar-refractivity contribution in [2.75, 3.05) is 0 Å². The maximum atomic E-state index is 4.57. The first-order valence-electron chi connectivity index (χ1n) is 8.82. The number of halogens is 2. The monoisotopic (exact) mass is 539 g/mol. The minimum absolute atomic E-state index is 0. The molecule has 10 heteroatoms. The predicted octanol–water partition coefficient (Wildman–Crippen LogP) is 1.70. The van der Waals surface area contributed by atoms with Gasteiger partial charge in [0.05, 0.1) is 34.2 Å². The van der Waals surface area contributed by atoms with Crippen LogP contribution in [0.2, 0.25) is 0 Å². The van der Waals surface area contributed by atoms with E-state index >= 15 is 0 Å². The van der Waals surface area contributed by atoms with E-state index in [1.165, 1.54) is 0 Å². The third-order valence-corrected chi connectivity index (χ3v) is 3.89. The average molecular weight is 539 g/mol. The van der Waals surface area contributed by atoms with Crippen molar-refractivity contribution < 1.29 is 29.7 Å². The van der Waals surface area contributed by atoms with E-state index < -0.39 is 0 Å². The summed E-state index contributed by atoms with van der Waals surface area (Å²) in [4.78, 5) is 12.9. The zero-order chi connectivity index (χ0) is 21.0. The Morgan fingerprint density at radius 1 is 0.548 bits per heavy atom. The second-order valence-electron chi connectivity index (χ2n) is 5.78. The summed E-state index contributed by atoms with van der Waals surface area (Å²) in [7, 11) is 4.57. The van der Waals surface area contributed by atoms with E-state index in [0.29, 0.717) is 0 Å². The summed E-state index contributed by atoms with van der Waals surface area (Å²) in [6, 6.07) is 21.2. The Kier molecular flexibility index (Phi) is 10.5. The van der Waals surface area contributed by atoms with Crippen molar-refractivity contribution in [1.29, 1.82) is 0 Å². The number of hydrogen-bond donors (Lipinski definition) is 2. The first-order valence-corrected chi connectivity index (χ1v) is 11.1. The molecule has 0 saturated heterocycles. The van der Waals surface area contributed by atoms with Gasteiger partial charge in [0.2, 0.25) is 0 Å². The van der Waals surface area contributed by atoms with Gasteiger partial charge >= 0.3 is 27.0 Å². The number of hydrogen-bond acceptors (Lipinski definition) is 5. The van der Waals surface area contributed by atoms with Gasteiger partial charge in [-0.15, -0.1) is 0 Å². The number of nitrogens with zero attached hydrogens (tertiary/aromatic N) is 5. The summed E-state index contributed by atoms with van der Waals surface area (Å²) in [5.41, 5.74) is 5.37. The molecule has 0 fully saturated rings. The SMILES string of the molecule is [Cl-].[Cl][Ru+].c1cc(-c2ccn[nH]2)nc(-c2ccn[nH]2)c1.c1ccc(-c2ccccn2)nc1. The van der Waals surface area contributed by atoms with Crippen molar-refractivity contribution in [3.63, 3.8) is 0 Å². The minimum atomic E-state index is 0. The van der Waals surface area contributed by atoms with Gasteiger partial charge < -0.3 is 12.4 Å². The molecule has 0 unspecified atom stereocenters. The molecule has 5 aromatic heterocycles. The first-order chi connectivity index (χ1) is 14.9. The summed E-state index contributed by atoms with van der Waals surface area (Å²) in [6.07, 6.45) is 6.95. The molecule has 31 heavy (non-hydrogen) atoms. The van der Waals surface area contributed by atoms with Crippen molar-refractivity contribution in [3.05, 3.63) is 91.5 Å². The molecule has 0 aromatic carbocycles. The van der Waals surface area contributed by atoms with E-state index in [1.54, 1.807) is 24.8 Å². The van der Waals surface area contributed by atoms with Crippen LogP contribution in [0.25, 0.3) is 34.2 Å². The van der Waals surface area contributed by atoms with E-state index in [9.17, 15) is 0 Å². The molecule has 5 aromatic rings. The van der Waals surface area contributed by atoms with Crippen LogP contribution in [-0.4, -0.2) is 35.3 Å². The number of rotatable bonds is 3. The molecule has 0 aliphatic heterocycles. The molecule has 5 rings (SSSR count). The van der Waals surface area contributed by atoms with Gasteiger partial charge in [0, 0.05) is 24.8 Å². The fourth-order valence-corrected chi connectivity index (χ4v) is 2.56. The molecule has 0 spiro atoms. The molecular weight excluding hydrogens is 522 g/mol. The Hall–Kier alpha value is -2.93. The maximum absolute atomic E-state index is 4.57. The van der Waals surface area contributed by atoms with Gasteiger partial charge in [-0.25, -0.2) is 4.98 Å². The predicted molar refractivity (Wildman–Crippen MR) is 113 cm³/mol. The summed E-state index contributed by atoms with van der Waals surface area (Å²) in [6.45, 7) is 0. The van der Waals surface area contributed by atoms with E-state index in [1.807, 2.05) is 84.0 Å². The smallest absolute Gasteiger partial charge is 0.0888 e. The number of pyridine rings is 3. The van der Waals surface area contributed by atoms with Crippen molar-refractivity contribution >= 4 is 9.69 Å². The average Bonchev–Trinajstić information content (AvgIpc) is 3.57. The molecule has 2 N–H and O–H groups in total. The van der Waals surface area contributed by atoms with E-state index in [4.69, 9.17) is 0 Å². The second kappa shape index (κ2) is 13.4. The zero-order valence-electron chi connectivity index (χ0n) is 16.0. The van der Waals surface area contributed by atoms with Gasteiger partial charge in [0.1, 0.15) is 0 Å². The van der Waals surface area contributed by atoms with Gasteiger partial charge in [-0.3, -0.25) is 20.2 Å². The summed E-state index contributed by atoms with van der Waals surface area (Å²) < 4.78 is 0. The van der Waals surface area contributed by atoms with Crippen LogP contribution in [0.3, 0.4) is 0 Å². The topological polar surface area (TPSA) is 96.0 Å². The van der Waals surface area contributed by atoms with Crippen LogP contribution in [0.1, 0.15) is 0 Å². The number of aromatic amines is 2. The van der Waals surface area contributed by atoms with Crippen LogP contribution in [0.5, 0.6) is 0 Å². The molecule has 0 bridgehead atoms. The standard InChI is InChI=1S/C11H9N5.C10H8N2.2ClH.Ru/c1-2-8(10-4-6-12-15-10)14-9(3-1)11-5-7-13-16-11;1-3-7-11-9(5-1)10-6-2-4-8-12-10;;;/h1-7H,(H,12,15)(H,13,16);1-8H;2*1H;/q;;;;+2/p-2. The summed E-state index contributed by atoms with van der Waals surface area (Å²) >= 11 is 1.82. The maximum Gasteiger partial charge on any atom is 0.0888 e. The fourth-order valence-electron chi connectivity index (χ4n) is 2.56. The quantitative estimate of drug-likeness (QED) is 0.341. The van der Waals surface area contributed by atoms with E-state index in [-0.39, 0.29) is 12.4 Å². The minimum Gasteiger partial charge on any atom is -0.276 e.